The van der Waals surface area contributed by atoms with Crippen LogP contribution >= 0.6 is 0 Å². The summed E-state index contributed by atoms with van der Waals surface area (Å²) in [6.07, 6.45) is 5.49. The maximum absolute atomic E-state index is 4.34. The number of nitrogens with zero attached hydrogens (tertiary/aromatic N) is 3. The van der Waals surface area contributed by atoms with Gasteiger partial charge in [-0.05, 0) is 23.8 Å². The number of pyridine rings is 2. The van der Waals surface area contributed by atoms with Crippen LogP contribution in [0.2, 0.25) is 0 Å². The van der Waals surface area contributed by atoms with Gasteiger partial charge in [0, 0.05) is 43.1 Å². The van der Waals surface area contributed by atoms with Gasteiger partial charge in [0.05, 0.1) is 11.7 Å². The smallest absolute Gasteiger partial charge is 0.0891 e. The van der Waals surface area contributed by atoms with Crippen molar-refractivity contribution < 1.29 is 0 Å². The molecule has 3 rings (SSSR count). The van der Waals surface area contributed by atoms with E-state index in [0.717, 1.165) is 22.0 Å². The lowest BCUT2D eigenvalue weighted by molar-refractivity contribution is 1.13. The zero-order valence-corrected chi connectivity index (χ0v) is 11.0. The zero-order valence-electron chi connectivity index (χ0n) is 11.0. The molecule has 0 radical (unpaired) electrons. The molecule has 2 heterocycles. The van der Waals surface area contributed by atoms with Crippen LogP contribution in [0.3, 0.4) is 0 Å². The second kappa shape index (κ2) is 4.69. The summed E-state index contributed by atoms with van der Waals surface area (Å²) in [4.78, 5) is 10.7. The minimum atomic E-state index is 0.927. The molecule has 3 heteroatoms. The van der Waals surface area contributed by atoms with Gasteiger partial charge in [-0.2, -0.15) is 0 Å². The fourth-order valence-electron chi connectivity index (χ4n) is 2.17. The van der Waals surface area contributed by atoms with E-state index in [0.29, 0.717) is 0 Å². The van der Waals surface area contributed by atoms with E-state index in [1.54, 1.807) is 12.4 Å². The third-order valence-corrected chi connectivity index (χ3v) is 3.22. The molecule has 3 aromatic rings. The molecule has 1 aromatic carbocycles. The molecule has 0 N–H and O–H groups in total. The van der Waals surface area contributed by atoms with Gasteiger partial charge in [0.2, 0.25) is 0 Å². The van der Waals surface area contributed by atoms with Gasteiger partial charge in [0.25, 0.3) is 0 Å². The first-order chi connectivity index (χ1) is 9.25. The van der Waals surface area contributed by atoms with Crippen LogP contribution in [-0.4, -0.2) is 24.1 Å². The third kappa shape index (κ3) is 2.15. The molecule has 0 fully saturated rings. The lowest BCUT2D eigenvalue weighted by atomic mass is 10.0. The van der Waals surface area contributed by atoms with Gasteiger partial charge in [-0.25, -0.2) is 0 Å². The number of aromatic nitrogens is 2. The Balaban J connectivity index is 2.14. The lowest BCUT2D eigenvalue weighted by Gasteiger charge is -2.13. The van der Waals surface area contributed by atoms with Crippen molar-refractivity contribution in [2.45, 2.75) is 0 Å². The van der Waals surface area contributed by atoms with Crippen LogP contribution < -0.4 is 4.90 Å². The molecule has 0 saturated heterocycles. The molecular formula is C16H15N3. The van der Waals surface area contributed by atoms with Crippen LogP contribution in [0.5, 0.6) is 0 Å². The summed E-state index contributed by atoms with van der Waals surface area (Å²) in [7, 11) is 4.08. The summed E-state index contributed by atoms with van der Waals surface area (Å²) in [5.41, 5.74) is 4.40. The normalized spacial score (nSPS) is 10.6. The predicted molar refractivity (Wildman–Crippen MR) is 79.3 cm³/mol. The van der Waals surface area contributed by atoms with Crippen LogP contribution in [0.15, 0.2) is 55.0 Å². The van der Waals surface area contributed by atoms with Crippen LogP contribution in [0.25, 0.3) is 22.0 Å². The highest BCUT2D eigenvalue weighted by Crippen LogP contribution is 2.27. The molecule has 3 nitrogen and oxygen atoms in total. The van der Waals surface area contributed by atoms with Crippen LogP contribution in [0.4, 0.5) is 5.69 Å². The fourth-order valence-corrected chi connectivity index (χ4v) is 2.17. The summed E-state index contributed by atoms with van der Waals surface area (Å²) in [6, 6.07) is 12.5. The van der Waals surface area contributed by atoms with Gasteiger partial charge in [-0.3, -0.25) is 9.97 Å². The fraction of sp³-hybridized carbons (Fsp3) is 0.125. The Morgan fingerprint density at radius 2 is 1.74 bits per heavy atom. The van der Waals surface area contributed by atoms with Gasteiger partial charge >= 0.3 is 0 Å². The van der Waals surface area contributed by atoms with Crippen molar-refractivity contribution in [2.24, 2.45) is 0 Å². The topological polar surface area (TPSA) is 29.0 Å². The van der Waals surface area contributed by atoms with Crippen molar-refractivity contribution in [3.05, 3.63) is 55.0 Å². The quantitative estimate of drug-likeness (QED) is 0.697. The predicted octanol–water partition coefficient (Wildman–Crippen LogP) is 3.36. The highest BCUT2D eigenvalue weighted by atomic mass is 15.1. The molecular weight excluding hydrogens is 234 g/mol. The van der Waals surface area contributed by atoms with Crippen molar-refractivity contribution >= 4 is 16.6 Å². The summed E-state index contributed by atoms with van der Waals surface area (Å²) < 4.78 is 0. The number of benzene rings is 1. The molecule has 0 bridgehead atoms. The van der Waals surface area contributed by atoms with Crippen LogP contribution in [-0.2, 0) is 0 Å². The number of hydrogen-bond donors (Lipinski definition) is 0. The Hall–Kier alpha value is -2.42. The maximum Gasteiger partial charge on any atom is 0.0891 e. The number of fused-ring (bicyclic) bond motifs is 1. The SMILES string of the molecule is CN(C)c1ccc(-c2cncc3ncccc23)cc1. The second-order valence-corrected chi connectivity index (χ2v) is 4.70. The summed E-state index contributed by atoms with van der Waals surface area (Å²) in [6.45, 7) is 0. The van der Waals surface area contributed by atoms with E-state index >= 15 is 0 Å². The number of hydrogen-bond acceptors (Lipinski definition) is 3. The first kappa shape index (κ1) is 11.7. The molecule has 0 aliphatic heterocycles. The Morgan fingerprint density at radius 3 is 2.47 bits per heavy atom. The highest BCUT2D eigenvalue weighted by molar-refractivity contribution is 5.93. The average molecular weight is 249 g/mol. The second-order valence-electron chi connectivity index (χ2n) is 4.70. The van der Waals surface area contributed by atoms with Gasteiger partial charge in [-0.1, -0.05) is 18.2 Å². The molecule has 94 valence electrons. The minimum absolute atomic E-state index is 0.927. The van der Waals surface area contributed by atoms with E-state index in [2.05, 4.69) is 45.2 Å². The summed E-state index contributed by atoms with van der Waals surface area (Å²) >= 11 is 0. The van der Waals surface area contributed by atoms with Gasteiger partial charge in [0.15, 0.2) is 0 Å². The van der Waals surface area contributed by atoms with Crippen molar-refractivity contribution in [3.63, 3.8) is 0 Å². The van der Waals surface area contributed by atoms with E-state index < -0.39 is 0 Å². The summed E-state index contributed by atoms with van der Waals surface area (Å²) in [5, 5.41) is 1.13. The standard InChI is InChI=1S/C16H15N3/c1-19(2)13-7-5-12(6-8-13)15-10-17-11-16-14(15)4-3-9-18-16/h3-11H,1-2H3. The Labute approximate surface area is 112 Å². The Kier molecular flexibility index (Phi) is 2.88. The van der Waals surface area contributed by atoms with E-state index in [1.165, 1.54) is 5.69 Å². The van der Waals surface area contributed by atoms with Gasteiger partial charge < -0.3 is 4.90 Å². The van der Waals surface area contributed by atoms with Crippen LogP contribution in [0, 0.1) is 0 Å². The van der Waals surface area contributed by atoms with Crippen molar-refractivity contribution in [3.8, 4) is 11.1 Å². The maximum atomic E-state index is 4.34. The minimum Gasteiger partial charge on any atom is -0.378 e. The molecule has 0 amide bonds. The van der Waals surface area contributed by atoms with Crippen LogP contribution in [0.1, 0.15) is 0 Å². The monoisotopic (exact) mass is 249 g/mol. The molecule has 0 aliphatic rings. The number of anilines is 1. The van der Waals surface area contributed by atoms with E-state index in [9.17, 15) is 0 Å². The first-order valence-corrected chi connectivity index (χ1v) is 6.22. The molecule has 0 unspecified atom stereocenters. The largest absolute Gasteiger partial charge is 0.378 e. The van der Waals surface area contributed by atoms with Gasteiger partial charge in [0.1, 0.15) is 0 Å². The highest BCUT2D eigenvalue weighted by Gasteiger charge is 2.05. The van der Waals surface area contributed by atoms with E-state index in [1.807, 2.05) is 26.4 Å². The van der Waals surface area contributed by atoms with Crippen molar-refractivity contribution in [1.82, 2.24) is 9.97 Å². The zero-order chi connectivity index (χ0) is 13.2. The van der Waals surface area contributed by atoms with E-state index in [4.69, 9.17) is 0 Å². The van der Waals surface area contributed by atoms with Crippen molar-refractivity contribution in [1.29, 1.82) is 0 Å². The number of rotatable bonds is 2. The molecule has 0 spiro atoms. The molecule has 0 atom stereocenters. The average Bonchev–Trinajstić information content (AvgIpc) is 2.47. The van der Waals surface area contributed by atoms with Gasteiger partial charge in [-0.15, -0.1) is 0 Å². The lowest BCUT2D eigenvalue weighted by Crippen LogP contribution is -2.07. The third-order valence-electron chi connectivity index (χ3n) is 3.22. The Morgan fingerprint density at radius 1 is 0.947 bits per heavy atom. The summed E-state index contributed by atoms with van der Waals surface area (Å²) in [5.74, 6) is 0. The van der Waals surface area contributed by atoms with Crippen molar-refractivity contribution in [2.75, 3.05) is 19.0 Å². The Bertz CT molecular complexity index is 697. The van der Waals surface area contributed by atoms with E-state index in [-0.39, 0.29) is 0 Å². The molecule has 2 aromatic heterocycles. The molecule has 0 aliphatic carbocycles. The molecule has 0 saturated carbocycles. The first-order valence-electron chi connectivity index (χ1n) is 6.22. The molecule has 19 heavy (non-hydrogen) atoms.